The van der Waals surface area contributed by atoms with E-state index in [9.17, 15) is 17.6 Å². The van der Waals surface area contributed by atoms with E-state index in [1.54, 1.807) is 0 Å². The van der Waals surface area contributed by atoms with Gasteiger partial charge in [-0.05, 0) is 12.8 Å². The highest BCUT2D eigenvalue weighted by Crippen LogP contribution is 1.94. The molecule has 2 N–H and O–H groups in total. The van der Waals surface area contributed by atoms with Crippen molar-refractivity contribution in [3.63, 3.8) is 0 Å². The summed E-state index contributed by atoms with van der Waals surface area (Å²) in [6.45, 7) is -1.19. The Morgan fingerprint density at radius 2 is 2.00 bits per heavy atom. The maximum absolute atomic E-state index is 11.6. The van der Waals surface area contributed by atoms with Crippen molar-refractivity contribution in [2.45, 2.75) is 12.8 Å². The molecule has 0 rings (SSSR count). The third-order valence-electron chi connectivity index (χ3n) is 1.24. The van der Waals surface area contributed by atoms with Crippen LogP contribution in [-0.2, 0) is 14.8 Å². The van der Waals surface area contributed by atoms with Gasteiger partial charge in [-0.1, -0.05) is 0 Å². The van der Waals surface area contributed by atoms with Gasteiger partial charge in [-0.25, -0.2) is 13.1 Å². The molecule has 78 valence electrons. The van der Waals surface area contributed by atoms with E-state index >= 15 is 0 Å². The standard InChI is InChI=1S/C6H12FNO4S/c7-3-1-2-4-13(11,12)8-5-6(9)10/h8H,1-5H2,(H,9,10). The molecule has 0 aliphatic heterocycles. The zero-order chi connectivity index (χ0) is 10.3. The SMILES string of the molecule is O=C(O)CNS(=O)(=O)CCCCF. The molecule has 0 unspecified atom stereocenters. The summed E-state index contributed by atoms with van der Waals surface area (Å²) in [4.78, 5) is 9.99. The number of sulfonamides is 1. The summed E-state index contributed by atoms with van der Waals surface area (Å²) in [5, 5.41) is 8.16. The molecule has 0 saturated heterocycles. The summed E-state index contributed by atoms with van der Waals surface area (Å²) >= 11 is 0. The summed E-state index contributed by atoms with van der Waals surface area (Å²) in [7, 11) is -3.55. The third kappa shape index (κ3) is 7.66. The molecule has 0 heterocycles. The number of hydrogen-bond donors (Lipinski definition) is 2. The van der Waals surface area contributed by atoms with Crippen LogP contribution >= 0.6 is 0 Å². The minimum absolute atomic E-state index is 0.175. The van der Waals surface area contributed by atoms with Crippen molar-refractivity contribution in [2.24, 2.45) is 0 Å². The molecule has 0 bridgehead atoms. The molecule has 7 heteroatoms. The number of nitrogens with one attached hydrogen (secondary N) is 1. The second-order valence-electron chi connectivity index (χ2n) is 2.43. The lowest BCUT2D eigenvalue weighted by Gasteiger charge is -2.02. The number of carboxylic acids is 1. The first kappa shape index (κ1) is 12.3. The highest BCUT2D eigenvalue weighted by atomic mass is 32.2. The number of alkyl halides is 1. The van der Waals surface area contributed by atoms with Gasteiger partial charge in [-0.15, -0.1) is 0 Å². The second-order valence-corrected chi connectivity index (χ2v) is 4.36. The molecule has 5 nitrogen and oxygen atoms in total. The molecule has 0 aliphatic carbocycles. The predicted molar refractivity (Wildman–Crippen MR) is 44.6 cm³/mol. The van der Waals surface area contributed by atoms with Gasteiger partial charge in [-0.2, -0.15) is 0 Å². The van der Waals surface area contributed by atoms with E-state index in [2.05, 4.69) is 0 Å². The number of rotatable bonds is 7. The van der Waals surface area contributed by atoms with Gasteiger partial charge < -0.3 is 5.11 Å². The van der Waals surface area contributed by atoms with E-state index in [-0.39, 0.29) is 18.6 Å². The molecule has 0 spiro atoms. The van der Waals surface area contributed by atoms with Crippen molar-refractivity contribution in [3.05, 3.63) is 0 Å². The first-order chi connectivity index (χ1) is 5.98. The van der Waals surface area contributed by atoms with Crippen molar-refractivity contribution < 1.29 is 22.7 Å². The van der Waals surface area contributed by atoms with Crippen LogP contribution in [-0.4, -0.2) is 38.5 Å². The van der Waals surface area contributed by atoms with Crippen LogP contribution in [0.4, 0.5) is 4.39 Å². The maximum Gasteiger partial charge on any atom is 0.318 e. The molecule has 0 atom stereocenters. The predicted octanol–water partition coefficient (Wildman–Crippen LogP) is -0.260. The van der Waals surface area contributed by atoms with E-state index in [1.165, 1.54) is 0 Å². The largest absolute Gasteiger partial charge is 0.480 e. The quantitative estimate of drug-likeness (QED) is 0.571. The van der Waals surface area contributed by atoms with Gasteiger partial charge in [0, 0.05) is 0 Å². The Morgan fingerprint density at radius 3 is 2.46 bits per heavy atom. The molecule has 0 amide bonds. The summed E-state index contributed by atoms with van der Waals surface area (Å²) < 4.78 is 35.3. The van der Waals surface area contributed by atoms with E-state index in [0.29, 0.717) is 0 Å². The fraction of sp³-hybridized carbons (Fsp3) is 0.833. The smallest absolute Gasteiger partial charge is 0.318 e. The van der Waals surface area contributed by atoms with Crippen LogP contribution in [0, 0.1) is 0 Å². The van der Waals surface area contributed by atoms with Gasteiger partial charge in [0.15, 0.2) is 0 Å². The second kappa shape index (κ2) is 5.87. The lowest BCUT2D eigenvalue weighted by molar-refractivity contribution is -0.135. The summed E-state index contributed by atoms with van der Waals surface area (Å²) in [5.74, 6) is -1.47. The van der Waals surface area contributed by atoms with Crippen molar-refractivity contribution in [2.75, 3.05) is 19.0 Å². The van der Waals surface area contributed by atoms with Crippen LogP contribution in [0.25, 0.3) is 0 Å². The fourth-order valence-corrected chi connectivity index (χ4v) is 1.70. The van der Waals surface area contributed by atoms with Gasteiger partial charge >= 0.3 is 5.97 Å². The Balaban J connectivity index is 3.74. The molecular weight excluding hydrogens is 201 g/mol. The van der Waals surface area contributed by atoms with E-state index in [0.717, 1.165) is 0 Å². The molecule has 0 radical (unpaired) electrons. The van der Waals surface area contributed by atoms with Crippen molar-refractivity contribution >= 4 is 16.0 Å². The number of hydrogen-bond acceptors (Lipinski definition) is 3. The van der Waals surface area contributed by atoms with Crippen LogP contribution in [0.3, 0.4) is 0 Å². The molecule has 0 aromatic rings. The number of aliphatic carboxylic acids is 1. The number of carboxylic acid groups (broad SMARTS) is 1. The lowest BCUT2D eigenvalue weighted by Crippen LogP contribution is -2.31. The normalized spacial score (nSPS) is 11.5. The monoisotopic (exact) mass is 213 g/mol. The number of unbranched alkanes of at least 4 members (excludes halogenated alkanes) is 1. The molecule has 0 aliphatic rings. The van der Waals surface area contributed by atoms with Crippen molar-refractivity contribution in [1.82, 2.24) is 4.72 Å². The number of halogens is 1. The van der Waals surface area contributed by atoms with Gasteiger partial charge in [0.2, 0.25) is 10.0 Å². The van der Waals surface area contributed by atoms with E-state index in [4.69, 9.17) is 5.11 Å². The minimum Gasteiger partial charge on any atom is -0.480 e. The molecular formula is C6H12FNO4S. The highest BCUT2D eigenvalue weighted by molar-refractivity contribution is 7.89. The fourth-order valence-electron chi connectivity index (χ4n) is 0.630. The third-order valence-corrected chi connectivity index (χ3v) is 2.65. The Morgan fingerprint density at radius 1 is 1.38 bits per heavy atom. The average Bonchev–Trinajstić information content (AvgIpc) is 2.02. The van der Waals surface area contributed by atoms with Crippen LogP contribution in [0.1, 0.15) is 12.8 Å². The van der Waals surface area contributed by atoms with Gasteiger partial charge in [0.05, 0.1) is 12.4 Å². The van der Waals surface area contributed by atoms with Crippen LogP contribution in [0.5, 0.6) is 0 Å². The zero-order valence-electron chi connectivity index (χ0n) is 6.99. The van der Waals surface area contributed by atoms with Gasteiger partial charge in [0.25, 0.3) is 0 Å². The van der Waals surface area contributed by atoms with Crippen molar-refractivity contribution in [1.29, 1.82) is 0 Å². The topological polar surface area (TPSA) is 83.5 Å². The molecule has 0 saturated carbocycles. The first-order valence-electron chi connectivity index (χ1n) is 3.73. The Kier molecular flexibility index (Phi) is 5.56. The molecule has 13 heavy (non-hydrogen) atoms. The lowest BCUT2D eigenvalue weighted by atomic mass is 10.4. The van der Waals surface area contributed by atoms with Crippen molar-refractivity contribution in [3.8, 4) is 0 Å². The van der Waals surface area contributed by atoms with Crippen LogP contribution in [0.15, 0.2) is 0 Å². The number of carbonyl (C=O) groups is 1. The molecule has 0 aromatic heterocycles. The van der Waals surface area contributed by atoms with Crippen LogP contribution < -0.4 is 4.72 Å². The Labute approximate surface area is 76.0 Å². The maximum atomic E-state index is 11.6. The summed E-state index contributed by atoms with van der Waals surface area (Å²) in [6.07, 6.45) is 0.374. The van der Waals surface area contributed by atoms with E-state index < -0.39 is 29.2 Å². The minimum atomic E-state index is -3.55. The van der Waals surface area contributed by atoms with Crippen LogP contribution in [0.2, 0.25) is 0 Å². The first-order valence-corrected chi connectivity index (χ1v) is 5.38. The highest BCUT2D eigenvalue weighted by Gasteiger charge is 2.10. The summed E-state index contributed by atoms with van der Waals surface area (Å²) in [6, 6.07) is 0. The molecule has 0 fully saturated rings. The van der Waals surface area contributed by atoms with Gasteiger partial charge in [0.1, 0.15) is 6.54 Å². The zero-order valence-corrected chi connectivity index (χ0v) is 7.81. The Bertz CT molecular complexity index is 251. The van der Waals surface area contributed by atoms with Gasteiger partial charge in [-0.3, -0.25) is 9.18 Å². The molecule has 0 aromatic carbocycles. The average molecular weight is 213 g/mol. The van der Waals surface area contributed by atoms with E-state index in [1.807, 2.05) is 4.72 Å². The summed E-state index contributed by atoms with van der Waals surface area (Å²) in [5.41, 5.74) is 0. The Hall–Kier alpha value is -0.690.